The summed E-state index contributed by atoms with van der Waals surface area (Å²) in [6, 6.07) is 8.38. The Labute approximate surface area is 105 Å². The van der Waals surface area contributed by atoms with Crippen LogP contribution in [0.5, 0.6) is 5.75 Å². The second-order valence-corrected chi connectivity index (χ2v) is 4.52. The SMILES string of the molecule is CCCN(C)C(C)C(N)c1ccc(OC)cc1. The minimum Gasteiger partial charge on any atom is -0.497 e. The Morgan fingerprint density at radius 1 is 1.29 bits per heavy atom. The second-order valence-electron chi connectivity index (χ2n) is 4.52. The van der Waals surface area contributed by atoms with Gasteiger partial charge in [-0.25, -0.2) is 0 Å². The molecule has 17 heavy (non-hydrogen) atoms. The molecular weight excluding hydrogens is 212 g/mol. The van der Waals surface area contributed by atoms with Crippen molar-refractivity contribution in [2.45, 2.75) is 32.4 Å². The van der Waals surface area contributed by atoms with Crippen LogP contribution in [-0.4, -0.2) is 31.6 Å². The monoisotopic (exact) mass is 236 g/mol. The van der Waals surface area contributed by atoms with E-state index in [0.717, 1.165) is 24.3 Å². The van der Waals surface area contributed by atoms with E-state index in [1.165, 1.54) is 0 Å². The second kappa shape index (κ2) is 6.62. The van der Waals surface area contributed by atoms with Crippen molar-refractivity contribution in [2.75, 3.05) is 20.7 Å². The number of hydrogen-bond acceptors (Lipinski definition) is 3. The van der Waals surface area contributed by atoms with E-state index >= 15 is 0 Å². The van der Waals surface area contributed by atoms with Crippen molar-refractivity contribution in [3.63, 3.8) is 0 Å². The van der Waals surface area contributed by atoms with Gasteiger partial charge in [-0.15, -0.1) is 0 Å². The Bertz CT molecular complexity index is 323. The van der Waals surface area contributed by atoms with E-state index in [1.54, 1.807) is 7.11 Å². The fourth-order valence-electron chi connectivity index (χ4n) is 1.94. The third-order valence-corrected chi connectivity index (χ3v) is 3.29. The zero-order valence-electron chi connectivity index (χ0n) is 11.3. The van der Waals surface area contributed by atoms with E-state index < -0.39 is 0 Å². The number of likely N-dealkylation sites (N-methyl/N-ethyl adjacent to an activating group) is 1. The molecule has 0 saturated carbocycles. The quantitative estimate of drug-likeness (QED) is 0.824. The van der Waals surface area contributed by atoms with Gasteiger partial charge in [0.15, 0.2) is 0 Å². The van der Waals surface area contributed by atoms with Gasteiger partial charge in [-0.1, -0.05) is 19.1 Å². The van der Waals surface area contributed by atoms with Gasteiger partial charge in [-0.3, -0.25) is 0 Å². The summed E-state index contributed by atoms with van der Waals surface area (Å²) < 4.78 is 5.14. The number of ether oxygens (including phenoxy) is 1. The normalized spacial score (nSPS) is 14.7. The minimum absolute atomic E-state index is 0.0393. The number of nitrogens with two attached hydrogens (primary N) is 1. The smallest absolute Gasteiger partial charge is 0.118 e. The maximum Gasteiger partial charge on any atom is 0.118 e. The van der Waals surface area contributed by atoms with Gasteiger partial charge in [-0.05, 0) is 44.6 Å². The fourth-order valence-corrected chi connectivity index (χ4v) is 1.94. The molecule has 0 heterocycles. The van der Waals surface area contributed by atoms with Gasteiger partial charge in [0, 0.05) is 12.1 Å². The molecule has 0 spiro atoms. The molecule has 1 aromatic rings. The topological polar surface area (TPSA) is 38.5 Å². The summed E-state index contributed by atoms with van der Waals surface area (Å²) in [5.74, 6) is 0.871. The Hall–Kier alpha value is -1.06. The maximum atomic E-state index is 6.28. The number of hydrogen-bond donors (Lipinski definition) is 1. The van der Waals surface area contributed by atoms with E-state index in [0.29, 0.717) is 6.04 Å². The molecule has 0 saturated heterocycles. The largest absolute Gasteiger partial charge is 0.497 e. The van der Waals surface area contributed by atoms with E-state index in [9.17, 15) is 0 Å². The Morgan fingerprint density at radius 2 is 1.88 bits per heavy atom. The molecule has 0 aromatic heterocycles. The fraction of sp³-hybridized carbons (Fsp3) is 0.571. The highest BCUT2D eigenvalue weighted by Crippen LogP contribution is 2.20. The zero-order valence-corrected chi connectivity index (χ0v) is 11.3. The summed E-state index contributed by atoms with van der Waals surface area (Å²) in [5, 5.41) is 0. The van der Waals surface area contributed by atoms with Gasteiger partial charge in [0.2, 0.25) is 0 Å². The van der Waals surface area contributed by atoms with Crippen LogP contribution in [0.2, 0.25) is 0 Å². The van der Waals surface area contributed by atoms with Crippen LogP contribution in [0.1, 0.15) is 31.9 Å². The molecular formula is C14H24N2O. The van der Waals surface area contributed by atoms with Gasteiger partial charge >= 0.3 is 0 Å². The lowest BCUT2D eigenvalue weighted by Crippen LogP contribution is -2.38. The molecule has 2 atom stereocenters. The first-order valence-corrected chi connectivity index (χ1v) is 6.20. The summed E-state index contributed by atoms with van der Waals surface area (Å²) in [6.07, 6.45) is 1.15. The maximum absolute atomic E-state index is 6.28. The Balaban J connectivity index is 2.70. The summed E-state index contributed by atoms with van der Waals surface area (Å²) in [7, 11) is 3.80. The Kier molecular flexibility index (Phi) is 5.45. The first-order chi connectivity index (χ1) is 8.10. The van der Waals surface area contributed by atoms with Crippen molar-refractivity contribution in [2.24, 2.45) is 5.73 Å². The molecule has 0 aliphatic rings. The van der Waals surface area contributed by atoms with E-state index in [4.69, 9.17) is 10.5 Å². The number of rotatable bonds is 6. The predicted octanol–water partition coefficient (Wildman–Crippen LogP) is 2.43. The van der Waals surface area contributed by atoms with Gasteiger partial charge in [0.25, 0.3) is 0 Å². The van der Waals surface area contributed by atoms with Gasteiger partial charge in [-0.2, -0.15) is 0 Å². The molecule has 0 fully saturated rings. The van der Waals surface area contributed by atoms with Crippen molar-refractivity contribution in [1.82, 2.24) is 4.90 Å². The number of nitrogens with zero attached hydrogens (tertiary/aromatic N) is 1. The summed E-state index contributed by atoms with van der Waals surface area (Å²) in [5.41, 5.74) is 7.43. The Morgan fingerprint density at radius 3 is 2.35 bits per heavy atom. The van der Waals surface area contributed by atoms with Crippen molar-refractivity contribution < 1.29 is 4.74 Å². The molecule has 1 aromatic carbocycles. The predicted molar refractivity (Wildman–Crippen MR) is 72.3 cm³/mol. The highest BCUT2D eigenvalue weighted by Gasteiger charge is 2.18. The third-order valence-electron chi connectivity index (χ3n) is 3.29. The van der Waals surface area contributed by atoms with Crippen LogP contribution < -0.4 is 10.5 Å². The molecule has 96 valence electrons. The van der Waals surface area contributed by atoms with Crippen LogP contribution in [0.3, 0.4) is 0 Å². The summed E-state index contributed by atoms with van der Waals surface area (Å²) >= 11 is 0. The molecule has 0 radical (unpaired) electrons. The highest BCUT2D eigenvalue weighted by atomic mass is 16.5. The van der Waals surface area contributed by atoms with Crippen LogP contribution in [0.15, 0.2) is 24.3 Å². The lowest BCUT2D eigenvalue weighted by molar-refractivity contribution is 0.227. The summed E-state index contributed by atoms with van der Waals surface area (Å²) in [6.45, 7) is 5.43. The molecule has 0 aliphatic heterocycles. The summed E-state index contributed by atoms with van der Waals surface area (Å²) in [4.78, 5) is 2.30. The number of benzene rings is 1. The molecule has 0 amide bonds. The molecule has 0 aliphatic carbocycles. The van der Waals surface area contributed by atoms with Gasteiger partial charge in [0.1, 0.15) is 5.75 Å². The van der Waals surface area contributed by atoms with Crippen LogP contribution in [0, 0.1) is 0 Å². The lowest BCUT2D eigenvalue weighted by atomic mass is 10.0. The average Bonchev–Trinajstić information content (AvgIpc) is 2.37. The first kappa shape index (κ1) is 14.0. The van der Waals surface area contributed by atoms with Crippen LogP contribution >= 0.6 is 0 Å². The molecule has 2 N–H and O–H groups in total. The zero-order chi connectivity index (χ0) is 12.8. The standard InChI is InChI=1S/C14H24N2O/c1-5-10-16(3)11(2)14(15)12-6-8-13(17-4)9-7-12/h6-9,11,14H,5,10,15H2,1-4H3. The lowest BCUT2D eigenvalue weighted by Gasteiger charge is -2.29. The van der Waals surface area contributed by atoms with E-state index in [-0.39, 0.29) is 6.04 Å². The first-order valence-electron chi connectivity index (χ1n) is 6.20. The van der Waals surface area contributed by atoms with Gasteiger partial charge < -0.3 is 15.4 Å². The molecule has 2 unspecified atom stereocenters. The van der Waals surface area contributed by atoms with Crippen LogP contribution in [0.4, 0.5) is 0 Å². The van der Waals surface area contributed by atoms with Crippen molar-refractivity contribution in [3.8, 4) is 5.75 Å². The average molecular weight is 236 g/mol. The van der Waals surface area contributed by atoms with Crippen molar-refractivity contribution >= 4 is 0 Å². The van der Waals surface area contributed by atoms with Crippen LogP contribution in [0.25, 0.3) is 0 Å². The van der Waals surface area contributed by atoms with E-state index in [1.807, 2.05) is 24.3 Å². The highest BCUT2D eigenvalue weighted by molar-refractivity contribution is 5.29. The van der Waals surface area contributed by atoms with Crippen molar-refractivity contribution in [3.05, 3.63) is 29.8 Å². The third kappa shape index (κ3) is 3.72. The van der Waals surface area contributed by atoms with Crippen molar-refractivity contribution in [1.29, 1.82) is 0 Å². The molecule has 3 nitrogen and oxygen atoms in total. The van der Waals surface area contributed by atoms with Crippen LogP contribution in [-0.2, 0) is 0 Å². The van der Waals surface area contributed by atoms with E-state index in [2.05, 4.69) is 25.8 Å². The number of methoxy groups -OCH3 is 1. The van der Waals surface area contributed by atoms with Gasteiger partial charge in [0.05, 0.1) is 7.11 Å². The molecule has 3 heteroatoms. The molecule has 0 bridgehead atoms. The minimum atomic E-state index is 0.0393. The molecule has 1 rings (SSSR count).